The number of hydrogen-bond acceptors (Lipinski definition) is 3. The highest BCUT2D eigenvalue weighted by molar-refractivity contribution is 5.88. The van der Waals surface area contributed by atoms with Crippen molar-refractivity contribution in [1.82, 2.24) is 4.57 Å². The van der Waals surface area contributed by atoms with Crippen LogP contribution in [-0.2, 0) is 18.9 Å². The molecule has 1 amide bonds. The molecule has 1 aromatic carbocycles. The molecule has 0 aliphatic heterocycles. The molecule has 0 unspecified atom stereocenters. The fourth-order valence-electron chi connectivity index (χ4n) is 1.64. The molecule has 0 fully saturated rings. The standard InChI is InChI=1S/C13H15N5O/c1-10(19)14-11-4-6-12(7-5-11)15-16-13-17(2)8-9-18(13)3/h4-9H,1-3H3/p+1. The zero-order valence-electron chi connectivity index (χ0n) is 11.2. The fourth-order valence-corrected chi connectivity index (χ4v) is 1.64. The van der Waals surface area contributed by atoms with Crippen LogP contribution in [0, 0.1) is 0 Å². The van der Waals surface area contributed by atoms with E-state index >= 15 is 0 Å². The average molecular weight is 258 g/mol. The van der Waals surface area contributed by atoms with Crippen LogP contribution in [0.2, 0.25) is 0 Å². The first-order valence-electron chi connectivity index (χ1n) is 5.86. The molecule has 6 nitrogen and oxygen atoms in total. The van der Waals surface area contributed by atoms with Crippen LogP contribution in [0.25, 0.3) is 0 Å². The zero-order chi connectivity index (χ0) is 13.8. The predicted molar refractivity (Wildman–Crippen MR) is 71.5 cm³/mol. The molecule has 0 aliphatic carbocycles. The van der Waals surface area contributed by atoms with Crippen molar-refractivity contribution in [2.24, 2.45) is 24.3 Å². The third-order valence-corrected chi connectivity index (χ3v) is 2.59. The first-order chi connectivity index (χ1) is 9.06. The number of rotatable bonds is 3. The van der Waals surface area contributed by atoms with Crippen molar-refractivity contribution >= 4 is 23.2 Å². The van der Waals surface area contributed by atoms with Gasteiger partial charge in [0, 0.05) is 17.7 Å². The number of aromatic nitrogens is 2. The molecule has 0 saturated carbocycles. The lowest BCUT2D eigenvalue weighted by Gasteiger charge is -2.00. The number of azo groups is 1. The van der Waals surface area contributed by atoms with Crippen LogP contribution >= 0.6 is 0 Å². The van der Waals surface area contributed by atoms with Gasteiger partial charge in [-0.15, -0.1) is 0 Å². The highest BCUT2D eigenvalue weighted by atomic mass is 16.1. The van der Waals surface area contributed by atoms with E-state index < -0.39 is 0 Å². The number of imidazole rings is 1. The fraction of sp³-hybridized carbons (Fsp3) is 0.231. The maximum Gasteiger partial charge on any atom is 0.421 e. The van der Waals surface area contributed by atoms with Crippen molar-refractivity contribution in [2.75, 3.05) is 5.32 Å². The molecule has 2 rings (SSSR count). The maximum absolute atomic E-state index is 10.9. The van der Waals surface area contributed by atoms with E-state index in [1.807, 2.05) is 35.6 Å². The number of nitrogens with zero attached hydrogens (tertiary/aromatic N) is 4. The van der Waals surface area contributed by atoms with E-state index in [9.17, 15) is 4.79 Å². The topological polar surface area (TPSA) is 62.6 Å². The Labute approximate surface area is 111 Å². The molecular formula is C13H16N5O+. The van der Waals surface area contributed by atoms with Crippen molar-refractivity contribution in [3.8, 4) is 0 Å². The third-order valence-electron chi connectivity index (χ3n) is 2.59. The first-order valence-corrected chi connectivity index (χ1v) is 5.86. The minimum atomic E-state index is -0.0924. The second-order valence-corrected chi connectivity index (χ2v) is 4.25. The van der Waals surface area contributed by atoms with Crippen LogP contribution in [0.3, 0.4) is 0 Å². The summed E-state index contributed by atoms with van der Waals surface area (Å²) in [6, 6.07) is 7.19. The summed E-state index contributed by atoms with van der Waals surface area (Å²) in [4.78, 5) is 10.9. The van der Waals surface area contributed by atoms with Gasteiger partial charge in [0.25, 0.3) is 0 Å². The van der Waals surface area contributed by atoms with Crippen LogP contribution in [-0.4, -0.2) is 10.5 Å². The molecular weight excluding hydrogens is 242 g/mol. The molecule has 1 heterocycles. The Kier molecular flexibility index (Phi) is 3.70. The minimum Gasteiger partial charge on any atom is -0.326 e. The summed E-state index contributed by atoms with van der Waals surface area (Å²) in [7, 11) is 3.82. The molecule has 0 atom stereocenters. The summed E-state index contributed by atoms with van der Waals surface area (Å²) in [6.45, 7) is 1.48. The van der Waals surface area contributed by atoms with E-state index in [1.54, 1.807) is 24.3 Å². The van der Waals surface area contributed by atoms with Gasteiger partial charge in [0.15, 0.2) is 0 Å². The van der Waals surface area contributed by atoms with Gasteiger partial charge in [-0.25, -0.2) is 9.13 Å². The maximum atomic E-state index is 10.9. The number of nitrogens with one attached hydrogen (secondary N) is 1. The van der Waals surface area contributed by atoms with Gasteiger partial charge < -0.3 is 5.32 Å². The van der Waals surface area contributed by atoms with Gasteiger partial charge in [0.1, 0.15) is 5.69 Å². The van der Waals surface area contributed by atoms with Gasteiger partial charge in [-0.3, -0.25) is 4.79 Å². The van der Waals surface area contributed by atoms with Crippen molar-refractivity contribution < 1.29 is 9.36 Å². The summed E-state index contributed by atoms with van der Waals surface area (Å²) in [5.74, 6) is 0.663. The second kappa shape index (κ2) is 5.43. The predicted octanol–water partition coefficient (Wildman–Crippen LogP) is 2.22. The summed E-state index contributed by atoms with van der Waals surface area (Å²) in [5.41, 5.74) is 1.48. The van der Waals surface area contributed by atoms with Crippen molar-refractivity contribution in [2.45, 2.75) is 6.92 Å². The molecule has 1 aromatic heterocycles. The first kappa shape index (κ1) is 12.9. The lowest BCUT2D eigenvalue weighted by molar-refractivity contribution is -0.657. The average Bonchev–Trinajstić information content (AvgIpc) is 2.68. The SMILES string of the molecule is CC(=O)Nc1ccc(N=Nc2n(C)cc[n+]2C)cc1. The molecule has 2 aromatic rings. The van der Waals surface area contributed by atoms with Gasteiger partial charge in [-0.1, -0.05) is 5.11 Å². The highest BCUT2D eigenvalue weighted by Crippen LogP contribution is 2.18. The smallest absolute Gasteiger partial charge is 0.326 e. The number of aryl methyl sites for hydroxylation is 2. The molecule has 6 heteroatoms. The monoisotopic (exact) mass is 258 g/mol. The molecule has 1 N–H and O–H groups in total. The Morgan fingerprint density at radius 2 is 1.95 bits per heavy atom. The zero-order valence-corrected chi connectivity index (χ0v) is 11.2. The number of anilines is 1. The largest absolute Gasteiger partial charge is 0.421 e. The van der Waals surface area contributed by atoms with E-state index in [1.165, 1.54) is 6.92 Å². The van der Waals surface area contributed by atoms with E-state index in [2.05, 4.69) is 15.5 Å². The number of amides is 1. The normalized spacial score (nSPS) is 10.9. The van der Waals surface area contributed by atoms with E-state index in [4.69, 9.17) is 0 Å². The Hall–Kier alpha value is -2.50. The Morgan fingerprint density at radius 1 is 1.26 bits per heavy atom. The molecule has 19 heavy (non-hydrogen) atoms. The molecule has 0 aliphatic rings. The Morgan fingerprint density at radius 3 is 2.47 bits per heavy atom. The number of carbonyl (C=O) groups excluding carboxylic acids is 1. The molecule has 0 radical (unpaired) electrons. The van der Waals surface area contributed by atoms with E-state index in [0.717, 1.165) is 17.3 Å². The van der Waals surface area contributed by atoms with Crippen LogP contribution in [0.4, 0.5) is 17.3 Å². The van der Waals surface area contributed by atoms with E-state index in [0.29, 0.717) is 0 Å². The van der Waals surface area contributed by atoms with Gasteiger partial charge in [-0.2, -0.15) is 0 Å². The molecule has 0 bridgehead atoms. The highest BCUT2D eigenvalue weighted by Gasteiger charge is 2.10. The number of hydrogen-bond donors (Lipinski definition) is 1. The summed E-state index contributed by atoms with van der Waals surface area (Å²) in [6.07, 6.45) is 3.82. The molecule has 0 saturated heterocycles. The van der Waals surface area contributed by atoms with Crippen LogP contribution in [0.1, 0.15) is 6.92 Å². The van der Waals surface area contributed by atoms with Crippen LogP contribution in [0.15, 0.2) is 46.9 Å². The molecule has 98 valence electrons. The summed E-state index contributed by atoms with van der Waals surface area (Å²) < 4.78 is 3.77. The lowest BCUT2D eigenvalue weighted by atomic mass is 10.3. The van der Waals surface area contributed by atoms with Crippen LogP contribution in [0.5, 0.6) is 0 Å². The Bertz CT molecular complexity index is 593. The Balaban J connectivity index is 2.13. The summed E-state index contributed by atoms with van der Waals surface area (Å²) >= 11 is 0. The van der Waals surface area contributed by atoms with Crippen molar-refractivity contribution in [3.63, 3.8) is 0 Å². The van der Waals surface area contributed by atoms with Gasteiger partial charge in [-0.05, 0) is 24.3 Å². The third kappa shape index (κ3) is 3.25. The quantitative estimate of drug-likeness (QED) is 0.666. The van der Waals surface area contributed by atoms with E-state index in [-0.39, 0.29) is 5.91 Å². The van der Waals surface area contributed by atoms with Gasteiger partial charge in [0.2, 0.25) is 5.91 Å². The molecule has 0 spiro atoms. The minimum absolute atomic E-state index is 0.0924. The number of carbonyl (C=O) groups is 1. The van der Waals surface area contributed by atoms with Gasteiger partial charge in [0.05, 0.1) is 26.5 Å². The number of benzene rings is 1. The van der Waals surface area contributed by atoms with Crippen molar-refractivity contribution in [1.29, 1.82) is 0 Å². The van der Waals surface area contributed by atoms with Crippen LogP contribution < -0.4 is 9.88 Å². The lowest BCUT2D eigenvalue weighted by Crippen LogP contribution is -2.25. The second-order valence-electron chi connectivity index (χ2n) is 4.25. The van der Waals surface area contributed by atoms with Crippen molar-refractivity contribution in [3.05, 3.63) is 36.7 Å². The summed E-state index contributed by atoms with van der Waals surface area (Å²) in [5, 5.41) is 11.1. The van der Waals surface area contributed by atoms with Gasteiger partial charge >= 0.3 is 5.95 Å².